The molecule has 0 aliphatic heterocycles. The number of rotatable bonds is 6. The average molecular weight is 373 g/mol. The van der Waals surface area contributed by atoms with Crippen molar-refractivity contribution in [2.24, 2.45) is 5.92 Å². The first-order valence-electron chi connectivity index (χ1n) is 8.43. The van der Waals surface area contributed by atoms with E-state index in [1.807, 2.05) is 35.7 Å². The van der Waals surface area contributed by atoms with Crippen LogP contribution in [0.3, 0.4) is 0 Å². The molecule has 0 bridgehead atoms. The number of pyridine rings is 1. The molecule has 0 fully saturated rings. The van der Waals surface area contributed by atoms with Gasteiger partial charge in [-0.2, -0.15) is 5.10 Å². The molecule has 3 heterocycles. The second kappa shape index (κ2) is 7.70. The van der Waals surface area contributed by atoms with Gasteiger partial charge >= 0.3 is 0 Å². The summed E-state index contributed by atoms with van der Waals surface area (Å²) in [5.41, 5.74) is 2.30. The van der Waals surface area contributed by atoms with Crippen LogP contribution in [0.2, 0.25) is 5.15 Å². The molecule has 7 nitrogen and oxygen atoms in total. The fraction of sp³-hybridized carbons (Fsp3) is 0.333. The maximum atomic E-state index is 12.1. The van der Waals surface area contributed by atoms with Gasteiger partial charge in [0.2, 0.25) is 5.91 Å². The maximum absolute atomic E-state index is 12.1. The summed E-state index contributed by atoms with van der Waals surface area (Å²) >= 11 is 6.38. The molecule has 0 spiro atoms. The summed E-state index contributed by atoms with van der Waals surface area (Å²) in [6.07, 6.45) is 5.01. The lowest BCUT2D eigenvalue weighted by atomic mass is 10.2. The van der Waals surface area contributed by atoms with Crippen LogP contribution in [0.4, 0.5) is 0 Å². The standard InChI is InChI=1S/C18H21ClN6O/c1-12(2)11-25-18(19)14(13(3)23-25)7-8-17(26)20-10-16-22-21-15-6-4-5-9-24(15)16/h4-9,12H,10-11H2,1-3H3,(H,20,26)/b8-7+. The topological polar surface area (TPSA) is 77.1 Å². The molecule has 8 heteroatoms. The van der Waals surface area contributed by atoms with Crippen molar-refractivity contribution in [2.45, 2.75) is 33.9 Å². The molecule has 136 valence electrons. The van der Waals surface area contributed by atoms with E-state index >= 15 is 0 Å². The average Bonchev–Trinajstić information content (AvgIpc) is 3.12. The molecule has 0 aliphatic rings. The highest BCUT2D eigenvalue weighted by molar-refractivity contribution is 6.31. The van der Waals surface area contributed by atoms with Crippen molar-refractivity contribution in [1.82, 2.24) is 29.7 Å². The summed E-state index contributed by atoms with van der Waals surface area (Å²) in [6, 6.07) is 5.64. The zero-order chi connectivity index (χ0) is 18.7. The van der Waals surface area contributed by atoms with Gasteiger partial charge in [0.05, 0.1) is 12.2 Å². The van der Waals surface area contributed by atoms with Crippen molar-refractivity contribution in [2.75, 3.05) is 0 Å². The molecule has 1 N–H and O–H groups in total. The maximum Gasteiger partial charge on any atom is 0.244 e. The third kappa shape index (κ3) is 3.94. The van der Waals surface area contributed by atoms with Gasteiger partial charge < -0.3 is 5.32 Å². The van der Waals surface area contributed by atoms with E-state index in [0.717, 1.165) is 23.4 Å². The number of nitrogens with zero attached hydrogens (tertiary/aromatic N) is 5. The third-order valence-electron chi connectivity index (χ3n) is 3.85. The van der Waals surface area contributed by atoms with E-state index in [2.05, 4.69) is 34.5 Å². The minimum absolute atomic E-state index is 0.232. The molecular formula is C18H21ClN6O. The minimum atomic E-state index is -0.232. The predicted molar refractivity (Wildman–Crippen MR) is 101 cm³/mol. The second-order valence-corrected chi connectivity index (χ2v) is 6.82. The van der Waals surface area contributed by atoms with Crippen molar-refractivity contribution >= 4 is 29.2 Å². The third-order valence-corrected chi connectivity index (χ3v) is 4.25. The molecule has 0 radical (unpaired) electrons. The smallest absolute Gasteiger partial charge is 0.244 e. The monoisotopic (exact) mass is 372 g/mol. The molecule has 0 saturated carbocycles. The van der Waals surface area contributed by atoms with Crippen molar-refractivity contribution < 1.29 is 4.79 Å². The minimum Gasteiger partial charge on any atom is -0.345 e. The molecular weight excluding hydrogens is 352 g/mol. The van der Waals surface area contributed by atoms with Gasteiger partial charge in [-0.15, -0.1) is 10.2 Å². The van der Waals surface area contributed by atoms with Crippen molar-refractivity contribution in [1.29, 1.82) is 0 Å². The van der Waals surface area contributed by atoms with Crippen LogP contribution in [0, 0.1) is 12.8 Å². The molecule has 26 heavy (non-hydrogen) atoms. The van der Waals surface area contributed by atoms with E-state index in [1.54, 1.807) is 10.8 Å². The summed E-state index contributed by atoms with van der Waals surface area (Å²) in [5, 5.41) is 15.9. The number of carbonyl (C=O) groups excluding carboxylic acids is 1. The van der Waals surface area contributed by atoms with E-state index in [9.17, 15) is 4.79 Å². The molecule has 0 aromatic carbocycles. The fourth-order valence-electron chi connectivity index (χ4n) is 2.62. The Kier molecular flexibility index (Phi) is 5.37. The number of fused-ring (bicyclic) bond motifs is 1. The van der Waals surface area contributed by atoms with Crippen LogP contribution < -0.4 is 5.32 Å². The number of aryl methyl sites for hydroxylation is 1. The van der Waals surface area contributed by atoms with E-state index in [-0.39, 0.29) is 12.5 Å². The molecule has 0 saturated heterocycles. The summed E-state index contributed by atoms with van der Waals surface area (Å²) in [6.45, 7) is 7.10. The lowest BCUT2D eigenvalue weighted by molar-refractivity contribution is -0.116. The van der Waals surface area contributed by atoms with Crippen LogP contribution in [0.1, 0.15) is 30.9 Å². The molecule has 3 rings (SSSR count). The van der Waals surface area contributed by atoms with Gasteiger partial charge in [0.1, 0.15) is 5.15 Å². The molecule has 3 aromatic heterocycles. The quantitative estimate of drug-likeness (QED) is 0.675. The van der Waals surface area contributed by atoms with Crippen LogP contribution in [-0.2, 0) is 17.9 Å². The van der Waals surface area contributed by atoms with Crippen LogP contribution in [-0.4, -0.2) is 30.3 Å². The largest absolute Gasteiger partial charge is 0.345 e. The van der Waals surface area contributed by atoms with E-state index in [0.29, 0.717) is 16.9 Å². The normalized spacial score (nSPS) is 11.7. The van der Waals surface area contributed by atoms with Crippen molar-refractivity contribution in [3.8, 4) is 0 Å². The van der Waals surface area contributed by atoms with Gasteiger partial charge in [-0.25, -0.2) is 0 Å². The summed E-state index contributed by atoms with van der Waals surface area (Å²) in [7, 11) is 0. The Labute approximate surface area is 156 Å². The first kappa shape index (κ1) is 18.1. The van der Waals surface area contributed by atoms with Crippen molar-refractivity contribution in [3.05, 3.63) is 52.7 Å². The van der Waals surface area contributed by atoms with Crippen LogP contribution in [0.15, 0.2) is 30.5 Å². The van der Waals surface area contributed by atoms with Gasteiger partial charge in [0.15, 0.2) is 11.5 Å². The highest BCUT2D eigenvalue weighted by Crippen LogP contribution is 2.22. The summed E-state index contributed by atoms with van der Waals surface area (Å²) in [5.74, 6) is 0.871. The number of hydrogen-bond donors (Lipinski definition) is 1. The summed E-state index contributed by atoms with van der Waals surface area (Å²) < 4.78 is 3.60. The van der Waals surface area contributed by atoms with Gasteiger partial charge in [0, 0.05) is 24.4 Å². The lowest BCUT2D eigenvalue weighted by Gasteiger charge is -2.05. The van der Waals surface area contributed by atoms with Crippen LogP contribution in [0.25, 0.3) is 11.7 Å². The van der Waals surface area contributed by atoms with Crippen LogP contribution >= 0.6 is 11.6 Å². The van der Waals surface area contributed by atoms with Gasteiger partial charge in [-0.05, 0) is 31.1 Å². The Morgan fingerprint density at radius 1 is 1.35 bits per heavy atom. The number of nitrogens with one attached hydrogen (secondary N) is 1. The Bertz CT molecular complexity index is 956. The molecule has 0 atom stereocenters. The first-order valence-corrected chi connectivity index (χ1v) is 8.81. The molecule has 0 aliphatic carbocycles. The fourth-order valence-corrected chi connectivity index (χ4v) is 2.93. The van der Waals surface area contributed by atoms with Gasteiger partial charge in [-0.3, -0.25) is 13.9 Å². The SMILES string of the molecule is Cc1nn(CC(C)C)c(Cl)c1/C=C/C(=O)NCc1nnc2ccccn12. The Hall–Kier alpha value is -2.67. The molecule has 3 aromatic rings. The van der Waals surface area contributed by atoms with E-state index in [1.165, 1.54) is 6.08 Å². The highest BCUT2D eigenvalue weighted by atomic mass is 35.5. The number of aromatic nitrogens is 5. The molecule has 1 amide bonds. The summed E-state index contributed by atoms with van der Waals surface area (Å²) in [4.78, 5) is 12.1. The zero-order valence-corrected chi connectivity index (χ0v) is 15.7. The Balaban J connectivity index is 1.66. The van der Waals surface area contributed by atoms with Gasteiger partial charge in [0.25, 0.3) is 0 Å². The van der Waals surface area contributed by atoms with E-state index < -0.39 is 0 Å². The number of amides is 1. The second-order valence-electron chi connectivity index (χ2n) is 6.46. The van der Waals surface area contributed by atoms with E-state index in [4.69, 9.17) is 11.6 Å². The number of carbonyl (C=O) groups is 1. The zero-order valence-electron chi connectivity index (χ0n) is 15.0. The predicted octanol–water partition coefficient (Wildman–Crippen LogP) is 2.87. The number of hydrogen-bond acceptors (Lipinski definition) is 4. The van der Waals surface area contributed by atoms with Crippen LogP contribution in [0.5, 0.6) is 0 Å². The lowest BCUT2D eigenvalue weighted by Crippen LogP contribution is -2.21. The first-order chi connectivity index (χ1) is 12.5. The van der Waals surface area contributed by atoms with Crippen molar-refractivity contribution in [3.63, 3.8) is 0 Å². The highest BCUT2D eigenvalue weighted by Gasteiger charge is 2.12. The van der Waals surface area contributed by atoms with Gasteiger partial charge in [-0.1, -0.05) is 31.5 Å². The number of halogens is 1. The molecule has 0 unspecified atom stereocenters. The Morgan fingerprint density at radius 2 is 2.15 bits per heavy atom. The Morgan fingerprint density at radius 3 is 2.92 bits per heavy atom.